The number of alkyl halides is 1. The normalized spacial score (nSPS) is 54.0. The molecule has 1 heterocycles. The minimum atomic E-state index is -1.92. The van der Waals surface area contributed by atoms with Crippen molar-refractivity contribution in [2.24, 2.45) is 0 Å². The highest BCUT2D eigenvalue weighted by atomic mass is 19.1. The third-order valence-corrected chi connectivity index (χ3v) is 2.84. The molecule has 6 heteroatoms. The second kappa shape index (κ2) is 3.36. The largest absolute Gasteiger partial charge is 0.387 e. The molecular weight excluding hydrogens is 207 g/mol. The topological polar surface area (TPSA) is 79.2 Å². The average molecular weight is 222 g/mol. The molecule has 5 nitrogen and oxygen atoms in total. The maximum Gasteiger partial charge on any atom is 0.164 e. The second-order valence-corrected chi connectivity index (χ2v) is 4.48. The smallest absolute Gasteiger partial charge is 0.164 e. The Bertz CT molecular complexity index is 235. The maximum absolute atomic E-state index is 13.3. The molecule has 2 fully saturated rings. The first-order valence-electron chi connectivity index (χ1n) is 4.87. The van der Waals surface area contributed by atoms with Gasteiger partial charge in [-0.15, -0.1) is 0 Å². The molecule has 0 aromatic carbocycles. The summed E-state index contributed by atoms with van der Waals surface area (Å²) < 4.78 is 23.9. The van der Waals surface area contributed by atoms with Crippen molar-refractivity contribution in [1.29, 1.82) is 0 Å². The number of ether oxygens (including phenoxy) is 2. The van der Waals surface area contributed by atoms with E-state index >= 15 is 0 Å². The lowest BCUT2D eigenvalue weighted by atomic mass is 9.86. The zero-order valence-electron chi connectivity index (χ0n) is 8.50. The fourth-order valence-electron chi connectivity index (χ4n) is 2.11. The van der Waals surface area contributed by atoms with E-state index in [0.29, 0.717) is 0 Å². The highest BCUT2D eigenvalue weighted by molar-refractivity contribution is 5.03. The Balaban J connectivity index is 2.23. The number of aliphatic hydroxyl groups excluding tert-OH is 3. The van der Waals surface area contributed by atoms with E-state index in [9.17, 15) is 19.7 Å². The molecule has 15 heavy (non-hydrogen) atoms. The third-order valence-electron chi connectivity index (χ3n) is 2.84. The van der Waals surface area contributed by atoms with Crippen LogP contribution in [0.5, 0.6) is 0 Å². The minimum absolute atomic E-state index is 0.892. The van der Waals surface area contributed by atoms with Gasteiger partial charge in [-0.3, -0.25) is 0 Å². The van der Waals surface area contributed by atoms with Crippen LogP contribution in [0.2, 0.25) is 0 Å². The van der Waals surface area contributed by atoms with Gasteiger partial charge in [-0.1, -0.05) is 0 Å². The molecule has 3 N–H and O–H groups in total. The molecule has 0 radical (unpaired) electrons. The van der Waals surface area contributed by atoms with E-state index in [2.05, 4.69) is 0 Å². The molecule has 1 saturated carbocycles. The molecule has 1 aliphatic carbocycles. The summed E-state index contributed by atoms with van der Waals surface area (Å²) in [7, 11) is 0. The molecule has 0 bridgehead atoms. The van der Waals surface area contributed by atoms with Gasteiger partial charge in [-0.05, 0) is 13.8 Å². The van der Waals surface area contributed by atoms with Crippen molar-refractivity contribution >= 4 is 0 Å². The van der Waals surface area contributed by atoms with Gasteiger partial charge in [0.15, 0.2) is 12.0 Å². The number of hydrogen-bond acceptors (Lipinski definition) is 5. The number of fused-ring (bicyclic) bond motifs is 1. The summed E-state index contributed by atoms with van der Waals surface area (Å²) in [5.74, 6) is -0.985. The highest BCUT2D eigenvalue weighted by Crippen LogP contribution is 2.38. The molecule has 0 spiro atoms. The van der Waals surface area contributed by atoms with Crippen molar-refractivity contribution in [3.8, 4) is 0 Å². The Hall–Kier alpha value is -0.270. The zero-order valence-corrected chi connectivity index (χ0v) is 8.50. The summed E-state index contributed by atoms with van der Waals surface area (Å²) in [6.45, 7) is 3.20. The van der Waals surface area contributed by atoms with Gasteiger partial charge in [0, 0.05) is 0 Å². The van der Waals surface area contributed by atoms with Gasteiger partial charge in [0.05, 0.1) is 0 Å². The van der Waals surface area contributed by atoms with Gasteiger partial charge in [0.25, 0.3) is 0 Å². The number of aliphatic hydroxyl groups is 3. The van der Waals surface area contributed by atoms with Gasteiger partial charge in [0.1, 0.15) is 30.5 Å². The van der Waals surface area contributed by atoms with Crippen molar-refractivity contribution in [2.45, 2.75) is 56.3 Å². The monoisotopic (exact) mass is 222 g/mol. The summed E-state index contributed by atoms with van der Waals surface area (Å²) in [6.07, 6.45) is -8.24. The number of rotatable bonds is 0. The van der Waals surface area contributed by atoms with Crippen LogP contribution in [-0.2, 0) is 9.47 Å². The first-order chi connectivity index (χ1) is 6.83. The Labute approximate surface area is 86.4 Å². The van der Waals surface area contributed by atoms with Crippen LogP contribution in [0.4, 0.5) is 4.39 Å². The van der Waals surface area contributed by atoms with Crippen LogP contribution >= 0.6 is 0 Å². The lowest BCUT2D eigenvalue weighted by Crippen LogP contribution is -2.61. The van der Waals surface area contributed by atoms with Crippen molar-refractivity contribution in [1.82, 2.24) is 0 Å². The Morgan fingerprint density at radius 2 is 1.40 bits per heavy atom. The summed E-state index contributed by atoms with van der Waals surface area (Å²) in [4.78, 5) is 0. The van der Waals surface area contributed by atoms with Crippen LogP contribution < -0.4 is 0 Å². The van der Waals surface area contributed by atoms with E-state index in [1.807, 2.05) is 0 Å². The van der Waals surface area contributed by atoms with Gasteiger partial charge in [0.2, 0.25) is 0 Å². The number of halogens is 1. The summed E-state index contributed by atoms with van der Waals surface area (Å²) in [5.41, 5.74) is 0. The van der Waals surface area contributed by atoms with Gasteiger partial charge in [-0.25, -0.2) is 4.39 Å². The van der Waals surface area contributed by atoms with Crippen LogP contribution in [0.25, 0.3) is 0 Å². The fraction of sp³-hybridized carbons (Fsp3) is 1.00. The molecule has 0 aromatic heterocycles. The molecule has 2 aliphatic rings. The molecule has 88 valence electrons. The summed E-state index contributed by atoms with van der Waals surface area (Å²) in [5, 5.41) is 28.4. The van der Waals surface area contributed by atoms with Crippen molar-refractivity contribution < 1.29 is 29.2 Å². The predicted molar refractivity (Wildman–Crippen MR) is 46.7 cm³/mol. The van der Waals surface area contributed by atoms with Crippen molar-refractivity contribution in [2.75, 3.05) is 0 Å². The Morgan fingerprint density at radius 3 is 1.93 bits per heavy atom. The minimum Gasteiger partial charge on any atom is -0.387 e. The summed E-state index contributed by atoms with van der Waals surface area (Å²) >= 11 is 0. The van der Waals surface area contributed by atoms with Crippen LogP contribution in [0.15, 0.2) is 0 Å². The molecule has 1 saturated heterocycles. The molecule has 2 rings (SSSR count). The first-order valence-corrected chi connectivity index (χ1v) is 4.87. The Kier molecular flexibility index (Phi) is 2.51. The first kappa shape index (κ1) is 11.2. The molecule has 1 aliphatic heterocycles. The van der Waals surface area contributed by atoms with E-state index in [-0.39, 0.29) is 0 Å². The molecule has 0 unspecified atom stereocenters. The molecule has 0 amide bonds. The van der Waals surface area contributed by atoms with E-state index < -0.39 is 42.5 Å². The number of hydrogen-bond donors (Lipinski definition) is 3. The van der Waals surface area contributed by atoms with Crippen molar-refractivity contribution in [3.05, 3.63) is 0 Å². The summed E-state index contributed by atoms with van der Waals surface area (Å²) in [6, 6.07) is 0. The average Bonchev–Trinajstić information content (AvgIpc) is 2.48. The SMILES string of the molecule is CC1(C)O[C@@H]2[C@@H](O)[C@H](F)[C@@H](O)[C@H](O)[C@@H]2O1. The fourth-order valence-corrected chi connectivity index (χ4v) is 2.11. The van der Waals surface area contributed by atoms with E-state index in [0.717, 1.165) is 0 Å². The zero-order chi connectivity index (χ0) is 11.4. The second-order valence-electron chi connectivity index (χ2n) is 4.48. The van der Waals surface area contributed by atoms with Crippen LogP contribution in [0.1, 0.15) is 13.8 Å². The molecule has 6 atom stereocenters. The quantitative estimate of drug-likeness (QED) is 0.487. The van der Waals surface area contributed by atoms with E-state index in [1.54, 1.807) is 13.8 Å². The van der Waals surface area contributed by atoms with Crippen LogP contribution in [0, 0.1) is 0 Å². The Morgan fingerprint density at radius 1 is 0.933 bits per heavy atom. The standard InChI is InChI=1S/C9H15FO5/c1-9(2)14-7-5(12)3(10)4(11)6(13)8(7)15-9/h3-8,11-13H,1-2H3/t3-,4-,5+,6+,7-,8+/m1/s1. The maximum atomic E-state index is 13.3. The van der Waals surface area contributed by atoms with Gasteiger partial charge >= 0.3 is 0 Å². The predicted octanol–water partition coefficient (Wildman–Crippen LogP) is -1.06. The molecule has 0 aromatic rings. The van der Waals surface area contributed by atoms with Crippen molar-refractivity contribution in [3.63, 3.8) is 0 Å². The molecular formula is C9H15FO5. The third kappa shape index (κ3) is 1.66. The van der Waals surface area contributed by atoms with Crippen LogP contribution in [-0.4, -0.2) is 57.8 Å². The van der Waals surface area contributed by atoms with Gasteiger partial charge in [-0.2, -0.15) is 0 Å². The highest BCUT2D eigenvalue weighted by Gasteiger charge is 2.57. The van der Waals surface area contributed by atoms with Gasteiger partial charge < -0.3 is 24.8 Å². The lowest BCUT2D eigenvalue weighted by molar-refractivity contribution is -0.171. The lowest BCUT2D eigenvalue weighted by Gasteiger charge is -2.37. The van der Waals surface area contributed by atoms with E-state index in [1.165, 1.54) is 0 Å². The van der Waals surface area contributed by atoms with E-state index in [4.69, 9.17) is 9.47 Å². The van der Waals surface area contributed by atoms with Crippen LogP contribution in [0.3, 0.4) is 0 Å².